The van der Waals surface area contributed by atoms with Crippen molar-refractivity contribution in [3.63, 3.8) is 0 Å². The highest BCUT2D eigenvalue weighted by molar-refractivity contribution is 7.99. The second kappa shape index (κ2) is 13.1. The molecule has 0 aliphatic carbocycles. The van der Waals surface area contributed by atoms with Gasteiger partial charge in [0, 0.05) is 54.6 Å². The first-order valence-electron chi connectivity index (χ1n) is 13.2. The van der Waals surface area contributed by atoms with Crippen molar-refractivity contribution in [3.05, 3.63) is 90.0 Å². The molecule has 0 unspecified atom stereocenters. The average molecular weight is 531 g/mol. The molecule has 2 aliphatic heterocycles. The summed E-state index contributed by atoms with van der Waals surface area (Å²) in [5.41, 5.74) is 3.24. The number of ether oxygens (including phenoxy) is 1. The van der Waals surface area contributed by atoms with Crippen LogP contribution in [0.1, 0.15) is 11.1 Å². The van der Waals surface area contributed by atoms with Crippen LogP contribution in [0.2, 0.25) is 0 Å². The lowest BCUT2D eigenvalue weighted by molar-refractivity contribution is -0.139. The zero-order chi connectivity index (χ0) is 26.2. The van der Waals surface area contributed by atoms with Crippen molar-refractivity contribution in [1.29, 1.82) is 0 Å². The minimum Gasteiger partial charge on any atom is -0.480 e. The maximum Gasteiger partial charge on any atom is 0.321 e. The van der Waals surface area contributed by atoms with Gasteiger partial charge < -0.3 is 20.1 Å². The molecule has 1 saturated heterocycles. The van der Waals surface area contributed by atoms with E-state index in [0.717, 1.165) is 49.8 Å². The minimum absolute atomic E-state index is 0.459. The predicted molar refractivity (Wildman–Crippen MR) is 152 cm³/mol. The number of hydrogen-bond donors (Lipinski definition) is 2. The average Bonchev–Trinajstić information content (AvgIpc) is 3.12. The lowest BCUT2D eigenvalue weighted by Crippen LogP contribution is -2.49. The van der Waals surface area contributed by atoms with E-state index >= 15 is 0 Å². The number of nitrogens with one attached hydrogen (secondary N) is 1. The number of nitrogens with zero attached hydrogens (tertiary/aromatic N) is 3. The molecule has 3 aromatic carbocycles. The Kier molecular flexibility index (Phi) is 9.09. The molecule has 2 aliphatic rings. The SMILES string of the molecule is O=C(O)[C@@H](Cc1ccccc1)NCCOCCN1CCN(C2=Nc3ccccc3Sc3ccccc32)CC1. The first kappa shape index (κ1) is 26.4. The van der Waals surface area contributed by atoms with Gasteiger partial charge in [-0.3, -0.25) is 9.69 Å². The van der Waals surface area contributed by atoms with Crippen LogP contribution in [0.25, 0.3) is 0 Å². The number of para-hydroxylation sites is 1. The summed E-state index contributed by atoms with van der Waals surface area (Å²) in [6.07, 6.45) is 0.459. The van der Waals surface area contributed by atoms with Crippen LogP contribution in [-0.2, 0) is 16.0 Å². The maximum absolute atomic E-state index is 11.6. The van der Waals surface area contributed by atoms with Crippen LogP contribution in [0.3, 0.4) is 0 Å². The molecule has 0 spiro atoms. The molecule has 0 saturated carbocycles. The summed E-state index contributed by atoms with van der Waals surface area (Å²) in [5, 5.41) is 12.6. The molecule has 7 nitrogen and oxygen atoms in total. The molecule has 3 aromatic rings. The quantitative estimate of drug-likeness (QED) is 0.382. The number of piperazine rings is 1. The molecule has 198 valence electrons. The van der Waals surface area contributed by atoms with Crippen LogP contribution in [-0.4, -0.2) is 85.2 Å². The van der Waals surface area contributed by atoms with Crippen molar-refractivity contribution >= 4 is 29.3 Å². The normalized spacial score (nSPS) is 16.2. The van der Waals surface area contributed by atoms with Crippen LogP contribution < -0.4 is 5.32 Å². The van der Waals surface area contributed by atoms with E-state index in [1.807, 2.05) is 30.3 Å². The molecule has 0 radical (unpaired) electrons. The van der Waals surface area contributed by atoms with Gasteiger partial charge in [0.2, 0.25) is 0 Å². The molecule has 38 heavy (non-hydrogen) atoms. The smallest absolute Gasteiger partial charge is 0.321 e. The van der Waals surface area contributed by atoms with Gasteiger partial charge in [-0.1, -0.05) is 72.4 Å². The lowest BCUT2D eigenvalue weighted by Gasteiger charge is -2.36. The molecule has 5 rings (SSSR count). The number of fused-ring (bicyclic) bond motifs is 2. The van der Waals surface area contributed by atoms with Crippen LogP contribution in [0.5, 0.6) is 0 Å². The highest BCUT2D eigenvalue weighted by atomic mass is 32.2. The Morgan fingerprint density at radius 1 is 0.921 bits per heavy atom. The third-order valence-electron chi connectivity index (χ3n) is 6.88. The molecule has 0 aromatic heterocycles. The highest BCUT2D eigenvalue weighted by Gasteiger charge is 2.25. The van der Waals surface area contributed by atoms with Gasteiger partial charge in [0.1, 0.15) is 11.9 Å². The molecule has 1 fully saturated rings. The summed E-state index contributed by atoms with van der Waals surface area (Å²) in [6.45, 7) is 6.24. The number of carboxylic acids is 1. The Morgan fingerprint density at radius 3 is 2.42 bits per heavy atom. The van der Waals surface area contributed by atoms with Crippen molar-refractivity contribution in [2.45, 2.75) is 22.3 Å². The Bertz CT molecular complexity index is 1250. The number of hydrogen-bond acceptors (Lipinski definition) is 7. The summed E-state index contributed by atoms with van der Waals surface area (Å²) < 4.78 is 5.82. The summed E-state index contributed by atoms with van der Waals surface area (Å²) in [7, 11) is 0. The summed E-state index contributed by atoms with van der Waals surface area (Å²) in [4.78, 5) is 24.0. The molecule has 0 amide bonds. The molecule has 0 bridgehead atoms. The van der Waals surface area contributed by atoms with Gasteiger partial charge in [-0.15, -0.1) is 0 Å². The van der Waals surface area contributed by atoms with E-state index in [-0.39, 0.29) is 0 Å². The van der Waals surface area contributed by atoms with Gasteiger partial charge in [0.25, 0.3) is 0 Å². The van der Waals surface area contributed by atoms with Gasteiger partial charge in [0.05, 0.1) is 18.9 Å². The van der Waals surface area contributed by atoms with Gasteiger partial charge in [0.15, 0.2) is 0 Å². The van der Waals surface area contributed by atoms with E-state index in [1.54, 1.807) is 11.8 Å². The van der Waals surface area contributed by atoms with Crippen LogP contribution in [0.4, 0.5) is 5.69 Å². The Balaban J connectivity index is 1.06. The van der Waals surface area contributed by atoms with Crippen LogP contribution >= 0.6 is 11.8 Å². The van der Waals surface area contributed by atoms with Gasteiger partial charge in [-0.05, 0) is 30.2 Å². The van der Waals surface area contributed by atoms with E-state index < -0.39 is 12.0 Å². The predicted octanol–water partition coefficient (Wildman–Crippen LogP) is 4.15. The van der Waals surface area contributed by atoms with E-state index in [1.165, 1.54) is 15.4 Å². The zero-order valence-electron chi connectivity index (χ0n) is 21.5. The number of carboxylic acid groups (broad SMARTS) is 1. The zero-order valence-corrected chi connectivity index (χ0v) is 22.3. The van der Waals surface area contributed by atoms with Crippen molar-refractivity contribution in [1.82, 2.24) is 15.1 Å². The summed E-state index contributed by atoms with van der Waals surface area (Å²) in [6, 6.07) is 26.0. The van der Waals surface area contributed by atoms with E-state index in [4.69, 9.17) is 9.73 Å². The van der Waals surface area contributed by atoms with E-state index in [9.17, 15) is 9.90 Å². The number of aliphatic imine (C=N–C) groups is 1. The number of benzene rings is 3. The second-order valence-electron chi connectivity index (χ2n) is 9.48. The van der Waals surface area contributed by atoms with Gasteiger partial charge in [-0.2, -0.15) is 0 Å². The first-order chi connectivity index (χ1) is 18.7. The summed E-state index contributed by atoms with van der Waals surface area (Å²) in [5.74, 6) is 0.221. The van der Waals surface area contributed by atoms with E-state index in [2.05, 4.69) is 63.6 Å². The third-order valence-corrected chi connectivity index (χ3v) is 8.02. The van der Waals surface area contributed by atoms with Crippen molar-refractivity contribution < 1.29 is 14.6 Å². The number of carbonyl (C=O) groups is 1. The molecular formula is C30H34N4O3S. The largest absolute Gasteiger partial charge is 0.480 e. The lowest BCUT2D eigenvalue weighted by atomic mass is 10.1. The first-order valence-corrected chi connectivity index (χ1v) is 14.0. The molecule has 2 N–H and O–H groups in total. The topological polar surface area (TPSA) is 77.4 Å². The monoisotopic (exact) mass is 530 g/mol. The van der Waals surface area contributed by atoms with Crippen LogP contribution in [0.15, 0.2) is 93.6 Å². The fourth-order valence-corrected chi connectivity index (χ4v) is 5.81. The van der Waals surface area contributed by atoms with Crippen LogP contribution in [0, 0.1) is 0 Å². The van der Waals surface area contributed by atoms with Gasteiger partial charge in [-0.25, -0.2) is 4.99 Å². The van der Waals surface area contributed by atoms with Crippen molar-refractivity contribution in [3.8, 4) is 0 Å². The van der Waals surface area contributed by atoms with E-state index in [0.29, 0.717) is 26.2 Å². The maximum atomic E-state index is 11.6. The minimum atomic E-state index is -0.838. The van der Waals surface area contributed by atoms with Crippen molar-refractivity contribution in [2.75, 3.05) is 52.5 Å². The summed E-state index contributed by atoms with van der Waals surface area (Å²) >= 11 is 1.79. The Hall–Kier alpha value is -3.17. The highest BCUT2D eigenvalue weighted by Crippen LogP contribution is 2.40. The van der Waals surface area contributed by atoms with Crippen molar-refractivity contribution in [2.24, 2.45) is 4.99 Å². The second-order valence-corrected chi connectivity index (χ2v) is 10.6. The van der Waals surface area contributed by atoms with Gasteiger partial charge >= 0.3 is 5.97 Å². The number of rotatable bonds is 10. The Labute approximate surface area is 228 Å². The standard InChI is InChI=1S/C30H34N4O3S/c35-30(36)26(22-23-8-2-1-3-9-23)31-14-20-37-21-19-33-15-17-34(18-16-33)29-24-10-4-6-12-27(24)38-28-13-7-5-11-25(28)32-29/h1-13,26,31H,14-22H2,(H,35,36)/t26-/m1/s1. The molecular weight excluding hydrogens is 496 g/mol. The fourth-order valence-electron chi connectivity index (χ4n) is 4.79. The molecule has 8 heteroatoms. The number of amidine groups is 1. The Morgan fingerprint density at radius 2 is 1.63 bits per heavy atom. The molecule has 1 atom stereocenters. The molecule has 2 heterocycles. The third kappa shape index (κ3) is 6.82. The number of aliphatic carboxylic acids is 1. The fraction of sp³-hybridized carbons (Fsp3) is 0.333.